The van der Waals surface area contributed by atoms with Crippen LogP contribution in [-0.2, 0) is 11.2 Å². The van der Waals surface area contributed by atoms with Gasteiger partial charge >= 0.3 is 0 Å². The van der Waals surface area contributed by atoms with Crippen LogP contribution in [0.5, 0.6) is 5.75 Å². The van der Waals surface area contributed by atoms with Gasteiger partial charge in [-0.2, -0.15) is 0 Å². The molecule has 98 valence electrons. The molecular formula is C15H20O3. The number of ether oxygens (including phenoxy) is 2. The lowest BCUT2D eigenvalue weighted by atomic mass is 9.93. The number of aliphatic hydroxyl groups is 1. The van der Waals surface area contributed by atoms with E-state index < -0.39 is 6.10 Å². The van der Waals surface area contributed by atoms with Gasteiger partial charge < -0.3 is 14.6 Å². The van der Waals surface area contributed by atoms with Crippen molar-refractivity contribution < 1.29 is 14.6 Å². The van der Waals surface area contributed by atoms with Gasteiger partial charge in [-0.25, -0.2) is 0 Å². The molecule has 18 heavy (non-hydrogen) atoms. The van der Waals surface area contributed by atoms with Crippen LogP contribution in [0, 0.1) is 5.92 Å². The number of hydrogen-bond donors (Lipinski definition) is 1. The van der Waals surface area contributed by atoms with E-state index >= 15 is 0 Å². The Morgan fingerprint density at radius 3 is 3.00 bits per heavy atom. The Bertz CT molecular complexity index is 430. The maximum absolute atomic E-state index is 10.4. The van der Waals surface area contributed by atoms with Crippen molar-refractivity contribution in [3.63, 3.8) is 0 Å². The minimum Gasteiger partial charge on any atom is -0.493 e. The fraction of sp³-hybridized carbons (Fsp3) is 0.600. The van der Waals surface area contributed by atoms with Crippen LogP contribution < -0.4 is 4.74 Å². The molecular weight excluding hydrogens is 228 g/mol. The molecule has 3 nitrogen and oxygen atoms in total. The molecule has 3 atom stereocenters. The highest BCUT2D eigenvalue weighted by Gasteiger charge is 2.32. The molecule has 0 spiro atoms. The monoisotopic (exact) mass is 248 g/mol. The summed E-state index contributed by atoms with van der Waals surface area (Å²) in [6.45, 7) is 3.71. The van der Waals surface area contributed by atoms with E-state index in [2.05, 4.69) is 13.0 Å². The fourth-order valence-corrected chi connectivity index (χ4v) is 2.87. The predicted molar refractivity (Wildman–Crippen MR) is 68.7 cm³/mol. The van der Waals surface area contributed by atoms with Crippen LogP contribution >= 0.6 is 0 Å². The van der Waals surface area contributed by atoms with Gasteiger partial charge in [0.05, 0.1) is 12.7 Å². The van der Waals surface area contributed by atoms with E-state index in [0.29, 0.717) is 5.92 Å². The standard InChI is InChI=1S/C15H20O3/c1-10-6-8-18-15(10)14(16)12-4-5-13-11(9-12)3-2-7-17-13/h4-5,9-10,14-16H,2-3,6-8H2,1H3. The van der Waals surface area contributed by atoms with Crippen molar-refractivity contribution in [2.45, 2.75) is 38.4 Å². The number of hydrogen-bond acceptors (Lipinski definition) is 3. The average molecular weight is 248 g/mol. The molecule has 1 N–H and O–H groups in total. The lowest BCUT2D eigenvalue weighted by molar-refractivity contribution is -0.0178. The fourth-order valence-electron chi connectivity index (χ4n) is 2.87. The van der Waals surface area contributed by atoms with Crippen molar-refractivity contribution in [2.75, 3.05) is 13.2 Å². The van der Waals surface area contributed by atoms with Gasteiger partial charge in [0, 0.05) is 6.61 Å². The summed E-state index contributed by atoms with van der Waals surface area (Å²) in [5.41, 5.74) is 2.17. The third-order valence-corrected chi connectivity index (χ3v) is 4.03. The quantitative estimate of drug-likeness (QED) is 0.873. The molecule has 2 aliphatic rings. The molecule has 3 unspecified atom stereocenters. The Kier molecular flexibility index (Phi) is 3.27. The van der Waals surface area contributed by atoms with Crippen molar-refractivity contribution in [1.29, 1.82) is 0 Å². The normalized spacial score (nSPS) is 28.6. The van der Waals surface area contributed by atoms with Crippen LogP contribution in [-0.4, -0.2) is 24.4 Å². The van der Waals surface area contributed by atoms with E-state index in [1.807, 2.05) is 12.1 Å². The molecule has 1 aromatic rings. The van der Waals surface area contributed by atoms with Crippen LogP contribution in [0.4, 0.5) is 0 Å². The molecule has 2 heterocycles. The number of aliphatic hydroxyl groups excluding tert-OH is 1. The summed E-state index contributed by atoms with van der Waals surface area (Å²) in [5.74, 6) is 1.39. The molecule has 1 fully saturated rings. The molecule has 1 aromatic carbocycles. The number of benzene rings is 1. The van der Waals surface area contributed by atoms with Gasteiger partial charge in [-0.15, -0.1) is 0 Å². The van der Waals surface area contributed by atoms with Crippen LogP contribution in [0.25, 0.3) is 0 Å². The SMILES string of the molecule is CC1CCOC1C(O)c1ccc2c(c1)CCCO2. The minimum atomic E-state index is -0.519. The first-order valence-electron chi connectivity index (χ1n) is 6.81. The van der Waals surface area contributed by atoms with Crippen molar-refractivity contribution >= 4 is 0 Å². The van der Waals surface area contributed by atoms with Gasteiger partial charge in [-0.05, 0) is 48.4 Å². The highest BCUT2D eigenvalue weighted by atomic mass is 16.5. The topological polar surface area (TPSA) is 38.7 Å². The molecule has 0 bridgehead atoms. The van der Waals surface area contributed by atoms with E-state index in [1.165, 1.54) is 5.56 Å². The molecule has 0 saturated carbocycles. The van der Waals surface area contributed by atoms with Gasteiger partial charge in [-0.1, -0.05) is 13.0 Å². The number of fused-ring (bicyclic) bond motifs is 1. The molecule has 0 aromatic heterocycles. The summed E-state index contributed by atoms with van der Waals surface area (Å²) >= 11 is 0. The van der Waals surface area contributed by atoms with E-state index in [-0.39, 0.29) is 6.10 Å². The van der Waals surface area contributed by atoms with E-state index in [9.17, 15) is 5.11 Å². The average Bonchev–Trinajstić information content (AvgIpc) is 2.83. The van der Waals surface area contributed by atoms with E-state index in [1.54, 1.807) is 0 Å². The summed E-state index contributed by atoms with van der Waals surface area (Å²) in [7, 11) is 0. The molecule has 2 aliphatic heterocycles. The van der Waals surface area contributed by atoms with Gasteiger partial charge in [0.1, 0.15) is 11.9 Å². The van der Waals surface area contributed by atoms with Crippen LogP contribution in [0.2, 0.25) is 0 Å². The summed E-state index contributed by atoms with van der Waals surface area (Å²) in [5, 5.41) is 10.4. The molecule has 3 heteroatoms. The Labute approximate surface area is 108 Å². The maximum Gasteiger partial charge on any atom is 0.122 e. The highest BCUT2D eigenvalue weighted by Crippen LogP contribution is 2.34. The Balaban J connectivity index is 1.83. The molecule has 0 radical (unpaired) electrons. The second-order valence-corrected chi connectivity index (χ2v) is 5.37. The summed E-state index contributed by atoms with van der Waals surface area (Å²) in [6.07, 6.45) is 2.55. The third-order valence-electron chi connectivity index (χ3n) is 4.03. The van der Waals surface area contributed by atoms with Gasteiger partial charge in [-0.3, -0.25) is 0 Å². The Morgan fingerprint density at radius 2 is 2.22 bits per heavy atom. The zero-order valence-corrected chi connectivity index (χ0v) is 10.8. The lowest BCUT2D eigenvalue weighted by Gasteiger charge is -2.24. The van der Waals surface area contributed by atoms with Crippen molar-refractivity contribution in [1.82, 2.24) is 0 Å². The smallest absolute Gasteiger partial charge is 0.122 e. The van der Waals surface area contributed by atoms with Gasteiger partial charge in [0.25, 0.3) is 0 Å². The van der Waals surface area contributed by atoms with Crippen LogP contribution in [0.15, 0.2) is 18.2 Å². The third kappa shape index (κ3) is 2.13. The van der Waals surface area contributed by atoms with Crippen molar-refractivity contribution in [3.05, 3.63) is 29.3 Å². The highest BCUT2D eigenvalue weighted by molar-refractivity contribution is 5.39. The Hall–Kier alpha value is -1.06. The predicted octanol–water partition coefficient (Wildman–Crippen LogP) is 2.47. The largest absolute Gasteiger partial charge is 0.493 e. The van der Waals surface area contributed by atoms with Crippen LogP contribution in [0.3, 0.4) is 0 Å². The molecule has 1 saturated heterocycles. The second kappa shape index (κ2) is 4.90. The lowest BCUT2D eigenvalue weighted by Crippen LogP contribution is -2.23. The van der Waals surface area contributed by atoms with Crippen molar-refractivity contribution in [3.8, 4) is 5.75 Å². The van der Waals surface area contributed by atoms with Crippen LogP contribution in [0.1, 0.15) is 37.0 Å². The summed E-state index contributed by atoms with van der Waals surface area (Å²) in [6, 6.07) is 6.02. The number of aryl methyl sites for hydroxylation is 1. The number of rotatable bonds is 2. The van der Waals surface area contributed by atoms with Crippen molar-refractivity contribution in [2.24, 2.45) is 5.92 Å². The first kappa shape index (κ1) is 12.0. The minimum absolute atomic E-state index is 0.0624. The van der Waals surface area contributed by atoms with Gasteiger partial charge in [0.2, 0.25) is 0 Å². The second-order valence-electron chi connectivity index (χ2n) is 5.37. The van der Waals surface area contributed by atoms with E-state index in [4.69, 9.17) is 9.47 Å². The first-order chi connectivity index (χ1) is 8.75. The molecule has 0 aliphatic carbocycles. The summed E-state index contributed by atoms with van der Waals surface area (Å²) in [4.78, 5) is 0. The Morgan fingerprint density at radius 1 is 1.33 bits per heavy atom. The molecule has 3 rings (SSSR count). The van der Waals surface area contributed by atoms with Gasteiger partial charge in [0.15, 0.2) is 0 Å². The zero-order valence-electron chi connectivity index (χ0n) is 10.8. The zero-order chi connectivity index (χ0) is 12.5. The first-order valence-corrected chi connectivity index (χ1v) is 6.81. The molecule has 0 amide bonds. The maximum atomic E-state index is 10.4. The van der Waals surface area contributed by atoms with E-state index in [0.717, 1.165) is 43.8 Å². The summed E-state index contributed by atoms with van der Waals surface area (Å²) < 4.78 is 11.2.